The van der Waals surface area contributed by atoms with Crippen molar-refractivity contribution in [1.82, 2.24) is 0 Å². The molecule has 0 bridgehead atoms. The van der Waals surface area contributed by atoms with Crippen LogP contribution in [0, 0.1) is 0 Å². The lowest BCUT2D eigenvalue weighted by Crippen LogP contribution is -2.19. The first kappa shape index (κ1) is 16.6. The maximum Gasteiger partial charge on any atom is 0.573 e. The molecule has 0 heterocycles. The van der Waals surface area contributed by atoms with E-state index < -0.39 is 24.1 Å². The molecule has 4 nitrogen and oxygen atoms in total. The van der Waals surface area contributed by atoms with Crippen LogP contribution in [0.5, 0.6) is 5.75 Å². The van der Waals surface area contributed by atoms with Gasteiger partial charge in [0.15, 0.2) is 0 Å². The Labute approximate surface area is 118 Å². The molecular weight excluding hydrogens is 299 g/mol. The van der Waals surface area contributed by atoms with Gasteiger partial charge in [-0.2, -0.15) is 0 Å². The molecule has 0 aliphatic heterocycles. The van der Waals surface area contributed by atoms with Gasteiger partial charge in [-0.1, -0.05) is 11.6 Å². The molecule has 0 saturated heterocycles. The summed E-state index contributed by atoms with van der Waals surface area (Å²) in [5.74, 6) is -1.03. The zero-order valence-electron chi connectivity index (χ0n) is 10.5. The molecule has 20 heavy (non-hydrogen) atoms. The summed E-state index contributed by atoms with van der Waals surface area (Å²) in [4.78, 5) is 11.3. The maximum atomic E-state index is 12.1. The second kappa shape index (κ2) is 6.81. The molecular formula is C12H13ClF3NO3. The average Bonchev–Trinajstić information content (AvgIpc) is 2.25. The van der Waals surface area contributed by atoms with Crippen molar-refractivity contribution in [2.75, 3.05) is 6.61 Å². The van der Waals surface area contributed by atoms with Gasteiger partial charge in [-0.05, 0) is 30.7 Å². The summed E-state index contributed by atoms with van der Waals surface area (Å²) < 4.78 is 44.9. The SMILES string of the molecule is CCOC(=O)C[C@H](N)c1cc(Cl)cc(OC(F)(F)F)c1. The van der Waals surface area contributed by atoms with Gasteiger partial charge in [0.25, 0.3) is 0 Å². The third-order valence-corrected chi connectivity index (χ3v) is 2.47. The first-order valence-electron chi connectivity index (χ1n) is 5.68. The summed E-state index contributed by atoms with van der Waals surface area (Å²) in [5.41, 5.74) is 5.99. The number of halogens is 4. The van der Waals surface area contributed by atoms with Gasteiger partial charge in [-0.15, -0.1) is 13.2 Å². The number of hydrogen-bond donors (Lipinski definition) is 1. The lowest BCUT2D eigenvalue weighted by molar-refractivity contribution is -0.274. The van der Waals surface area contributed by atoms with E-state index in [-0.39, 0.29) is 23.6 Å². The van der Waals surface area contributed by atoms with E-state index in [2.05, 4.69) is 4.74 Å². The topological polar surface area (TPSA) is 61.5 Å². The van der Waals surface area contributed by atoms with E-state index in [1.54, 1.807) is 6.92 Å². The van der Waals surface area contributed by atoms with Crippen molar-refractivity contribution in [2.45, 2.75) is 25.7 Å². The standard InChI is InChI=1S/C12H13ClF3NO3/c1-2-19-11(18)6-10(17)7-3-8(13)5-9(4-7)20-12(14,15)16/h3-5,10H,2,6,17H2,1H3/t10-/m0/s1. The van der Waals surface area contributed by atoms with Crippen LogP contribution in [-0.2, 0) is 9.53 Å². The summed E-state index contributed by atoms with van der Waals surface area (Å²) in [6, 6.07) is 2.64. The van der Waals surface area contributed by atoms with Crippen LogP contribution in [0.2, 0.25) is 5.02 Å². The zero-order chi connectivity index (χ0) is 15.3. The van der Waals surface area contributed by atoms with Crippen LogP contribution in [0.4, 0.5) is 13.2 Å². The summed E-state index contributed by atoms with van der Waals surface area (Å²) in [7, 11) is 0. The molecule has 0 aromatic heterocycles. The van der Waals surface area contributed by atoms with Gasteiger partial charge in [0.2, 0.25) is 0 Å². The van der Waals surface area contributed by atoms with Crippen LogP contribution in [0.1, 0.15) is 24.9 Å². The number of esters is 1. The Kier molecular flexibility index (Phi) is 5.64. The highest BCUT2D eigenvalue weighted by molar-refractivity contribution is 6.30. The van der Waals surface area contributed by atoms with Crippen LogP contribution in [-0.4, -0.2) is 18.9 Å². The number of hydrogen-bond acceptors (Lipinski definition) is 4. The maximum absolute atomic E-state index is 12.1. The normalized spacial score (nSPS) is 12.9. The highest BCUT2D eigenvalue weighted by atomic mass is 35.5. The quantitative estimate of drug-likeness (QED) is 0.848. The summed E-state index contributed by atoms with van der Waals surface area (Å²) >= 11 is 5.70. The van der Waals surface area contributed by atoms with Gasteiger partial charge in [-0.25, -0.2) is 0 Å². The fourth-order valence-electron chi connectivity index (χ4n) is 1.51. The Bertz CT molecular complexity index is 480. The predicted octanol–water partition coefficient (Wildman–Crippen LogP) is 3.19. The van der Waals surface area contributed by atoms with Crippen molar-refractivity contribution in [1.29, 1.82) is 0 Å². The molecule has 0 aliphatic rings. The Morgan fingerprint density at radius 2 is 2.05 bits per heavy atom. The van der Waals surface area contributed by atoms with Crippen LogP contribution < -0.4 is 10.5 Å². The Balaban J connectivity index is 2.87. The van der Waals surface area contributed by atoms with Gasteiger partial charge < -0.3 is 15.2 Å². The fourth-order valence-corrected chi connectivity index (χ4v) is 1.74. The van der Waals surface area contributed by atoms with E-state index in [0.717, 1.165) is 12.1 Å². The molecule has 1 rings (SSSR count). The van der Waals surface area contributed by atoms with Crippen LogP contribution in [0.15, 0.2) is 18.2 Å². The molecule has 0 spiro atoms. The Morgan fingerprint density at radius 1 is 1.40 bits per heavy atom. The predicted molar refractivity (Wildman–Crippen MR) is 66.3 cm³/mol. The molecule has 2 N–H and O–H groups in total. The molecule has 1 aromatic rings. The largest absolute Gasteiger partial charge is 0.573 e. The number of alkyl halides is 3. The van der Waals surface area contributed by atoms with Crippen molar-refractivity contribution in [2.24, 2.45) is 5.73 Å². The number of nitrogens with two attached hydrogens (primary N) is 1. The van der Waals surface area contributed by atoms with Gasteiger partial charge in [0.05, 0.1) is 13.0 Å². The molecule has 0 aliphatic carbocycles. The number of carbonyl (C=O) groups excluding carboxylic acids is 1. The number of ether oxygens (including phenoxy) is 2. The van der Waals surface area contributed by atoms with Crippen molar-refractivity contribution in [3.8, 4) is 5.75 Å². The first-order valence-corrected chi connectivity index (χ1v) is 6.06. The molecule has 0 fully saturated rings. The van der Waals surface area contributed by atoms with E-state index in [4.69, 9.17) is 22.1 Å². The van der Waals surface area contributed by atoms with Crippen LogP contribution >= 0.6 is 11.6 Å². The smallest absolute Gasteiger partial charge is 0.466 e. The minimum absolute atomic E-state index is 0.0288. The minimum atomic E-state index is -4.83. The van der Waals surface area contributed by atoms with Gasteiger partial charge in [-0.3, -0.25) is 4.79 Å². The van der Waals surface area contributed by atoms with E-state index >= 15 is 0 Å². The summed E-state index contributed by atoms with van der Waals surface area (Å²) in [6.45, 7) is 1.83. The molecule has 0 radical (unpaired) electrons. The summed E-state index contributed by atoms with van der Waals surface area (Å²) in [6.07, 6.45) is -4.99. The third kappa shape index (κ3) is 5.66. The second-order valence-corrected chi connectivity index (χ2v) is 4.32. The highest BCUT2D eigenvalue weighted by Gasteiger charge is 2.31. The van der Waals surface area contributed by atoms with Crippen molar-refractivity contribution < 1.29 is 27.4 Å². The summed E-state index contributed by atoms with van der Waals surface area (Å²) in [5, 5.41) is 0.0288. The molecule has 1 atom stereocenters. The zero-order valence-corrected chi connectivity index (χ0v) is 11.3. The van der Waals surface area contributed by atoms with Gasteiger partial charge >= 0.3 is 12.3 Å². The third-order valence-electron chi connectivity index (χ3n) is 2.25. The van der Waals surface area contributed by atoms with Crippen LogP contribution in [0.3, 0.4) is 0 Å². The van der Waals surface area contributed by atoms with Crippen molar-refractivity contribution in [3.05, 3.63) is 28.8 Å². The van der Waals surface area contributed by atoms with Crippen molar-refractivity contribution >= 4 is 17.6 Å². The molecule has 0 amide bonds. The second-order valence-electron chi connectivity index (χ2n) is 3.88. The van der Waals surface area contributed by atoms with Crippen molar-refractivity contribution in [3.63, 3.8) is 0 Å². The van der Waals surface area contributed by atoms with E-state index in [1.807, 2.05) is 0 Å². The fraction of sp³-hybridized carbons (Fsp3) is 0.417. The van der Waals surface area contributed by atoms with Crippen LogP contribution in [0.25, 0.3) is 0 Å². The number of carbonyl (C=O) groups is 1. The molecule has 0 saturated carbocycles. The lowest BCUT2D eigenvalue weighted by Gasteiger charge is -2.14. The Hall–Kier alpha value is -1.47. The average molecular weight is 312 g/mol. The van der Waals surface area contributed by atoms with Gasteiger partial charge in [0.1, 0.15) is 5.75 Å². The number of rotatable bonds is 5. The van der Waals surface area contributed by atoms with E-state index in [1.165, 1.54) is 6.07 Å². The molecule has 112 valence electrons. The lowest BCUT2D eigenvalue weighted by atomic mass is 10.0. The Morgan fingerprint density at radius 3 is 2.60 bits per heavy atom. The van der Waals surface area contributed by atoms with E-state index in [0.29, 0.717) is 0 Å². The molecule has 0 unspecified atom stereocenters. The first-order chi connectivity index (χ1) is 9.21. The number of benzene rings is 1. The molecule has 1 aromatic carbocycles. The van der Waals surface area contributed by atoms with E-state index in [9.17, 15) is 18.0 Å². The highest BCUT2D eigenvalue weighted by Crippen LogP contribution is 2.29. The molecule has 8 heteroatoms. The monoisotopic (exact) mass is 311 g/mol. The van der Waals surface area contributed by atoms with Gasteiger partial charge in [0, 0.05) is 11.1 Å². The minimum Gasteiger partial charge on any atom is -0.466 e.